The molecular weight excluding hydrogens is 292 g/mol. The zero-order valence-corrected chi connectivity index (χ0v) is 13.5. The number of nitrogens with zero attached hydrogens (tertiary/aromatic N) is 2. The van der Waals surface area contributed by atoms with E-state index in [1.54, 1.807) is 12.1 Å². The van der Waals surface area contributed by atoms with Crippen LogP contribution in [0.4, 0.5) is 0 Å². The monoisotopic (exact) mass is 314 g/mol. The first-order chi connectivity index (χ1) is 11.1. The van der Waals surface area contributed by atoms with Crippen LogP contribution < -0.4 is 0 Å². The molecule has 0 N–H and O–H groups in total. The van der Waals surface area contributed by atoms with Crippen molar-refractivity contribution in [1.82, 2.24) is 9.80 Å². The van der Waals surface area contributed by atoms with Crippen molar-refractivity contribution in [3.05, 3.63) is 35.4 Å². The van der Waals surface area contributed by atoms with Gasteiger partial charge in [0, 0.05) is 31.0 Å². The van der Waals surface area contributed by atoms with Gasteiger partial charge in [-0.15, -0.1) is 0 Å². The van der Waals surface area contributed by atoms with Crippen molar-refractivity contribution in [3.8, 4) is 0 Å². The number of carbonyl (C=O) groups is 3. The molecule has 1 aromatic rings. The van der Waals surface area contributed by atoms with Gasteiger partial charge in [-0.3, -0.25) is 19.3 Å². The summed E-state index contributed by atoms with van der Waals surface area (Å²) < 4.78 is 0. The molecule has 5 heteroatoms. The van der Waals surface area contributed by atoms with E-state index in [4.69, 9.17) is 0 Å². The van der Waals surface area contributed by atoms with Crippen LogP contribution in [0.25, 0.3) is 0 Å². The summed E-state index contributed by atoms with van der Waals surface area (Å²) in [5.41, 5.74) is 1.54. The third-order valence-corrected chi connectivity index (χ3v) is 4.76. The van der Waals surface area contributed by atoms with Crippen LogP contribution in [0.3, 0.4) is 0 Å². The highest BCUT2D eigenvalue weighted by atomic mass is 16.2. The Labute approximate surface area is 136 Å². The molecule has 2 aliphatic rings. The van der Waals surface area contributed by atoms with Crippen molar-refractivity contribution >= 4 is 17.7 Å². The van der Waals surface area contributed by atoms with Gasteiger partial charge in [-0.2, -0.15) is 0 Å². The fourth-order valence-electron chi connectivity index (χ4n) is 3.30. The molecule has 2 heterocycles. The van der Waals surface area contributed by atoms with Crippen LogP contribution >= 0.6 is 0 Å². The Morgan fingerprint density at radius 2 is 1.74 bits per heavy atom. The average molecular weight is 314 g/mol. The molecule has 2 aliphatic heterocycles. The maximum absolute atomic E-state index is 12.6. The normalized spacial score (nSPS) is 21.9. The zero-order valence-electron chi connectivity index (χ0n) is 13.5. The first-order valence-corrected chi connectivity index (χ1v) is 8.29. The minimum absolute atomic E-state index is 0.0667. The van der Waals surface area contributed by atoms with E-state index in [-0.39, 0.29) is 23.8 Å². The molecule has 0 saturated carbocycles. The number of benzene rings is 1. The number of imide groups is 1. The first-order valence-electron chi connectivity index (χ1n) is 8.29. The Morgan fingerprint density at radius 1 is 1.09 bits per heavy atom. The second kappa shape index (κ2) is 6.52. The van der Waals surface area contributed by atoms with E-state index in [0.717, 1.165) is 24.9 Å². The van der Waals surface area contributed by atoms with E-state index in [9.17, 15) is 14.4 Å². The topological polar surface area (TPSA) is 57.7 Å². The zero-order chi connectivity index (χ0) is 16.4. The van der Waals surface area contributed by atoms with Crippen molar-refractivity contribution in [3.63, 3.8) is 0 Å². The molecule has 23 heavy (non-hydrogen) atoms. The summed E-state index contributed by atoms with van der Waals surface area (Å²) in [6.07, 6.45) is 3.92. The second-order valence-corrected chi connectivity index (χ2v) is 6.41. The fraction of sp³-hybridized carbons (Fsp3) is 0.500. The Kier molecular flexibility index (Phi) is 4.46. The predicted octanol–water partition coefficient (Wildman–Crippen LogP) is 2.35. The van der Waals surface area contributed by atoms with Crippen molar-refractivity contribution in [2.24, 2.45) is 0 Å². The van der Waals surface area contributed by atoms with Crippen molar-refractivity contribution in [2.75, 3.05) is 6.54 Å². The Bertz CT molecular complexity index is 608. The summed E-state index contributed by atoms with van der Waals surface area (Å²) in [5.74, 6) is -0.160. The van der Waals surface area contributed by atoms with Gasteiger partial charge in [0.05, 0.1) is 6.54 Å². The van der Waals surface area contributed by atoms with Crippen molar-refractivity contribution in [1.29, 1.82) is 0 Å². The molecule has 2 saturated heterocycles. The highest BCUT2D eigenvalue weighted by Gasteiger charge is 2.29. The molecule has 0 unspecified atom stereocenters. The van der Waals surface area contributed by atoms with Crippen molar-refractivity contribution in [2.45, 2.75) is 51.6 Å². The largest absolute Gasteiger partial charge is 0.336 e. The number of hydrogen-bond acceptors (Lipinski definition) is 3. The lowest BCUT2D eigenvalue weighted by molar-refractivity contribution is -0.139. The van der Waals surface area contributed by atoms with Crippen LogP contribution in [0.5, 0.6) is 0 Å². The second-order valence-electron chi connectivity index (χ2n) is 6.41. The number of likely N-dealkylation sites (tertiary alicyclic amines) is 2. The molecule has 5 nitrogen and oxygen atoms in total. The van der Waals surface area contributed by atoms with Gasteiger partial charge in [0.15, 0.2) is 0 Å². The van der Waals surface area contributed by atoms with Crippen LogP contribution in [-0.4, -0.2) is 40.1 Å². The van der Waals surface area contributed by atoms with Gasteiger partial charge in [0.25, 0.3) is 5.91 Å². The number of rotatable bonds is 3. The maximum atomic E-state index is 12.6. The average Bonchev–Trinajstić information content (AvgIpc) is 2.87. The SMILES string of the molecule is C[C@H]1CCCCN1C(=O)c1ccc(CN2C(=O)CCC2=O)cc1. The van der Waals surface area contributed by atoms with Crippen LogP contribution in [-0.2, 0) is 16.1 Å². The first kappa shape index (κ1) is 15.7. The molecule has 0 radical (unpaired) electrons. The van der Waals surface area contributed by atoms with Crippen LogP contribution in [0.15, 0.2) is 24.3 Å². The summed E-state index contributed by atoms with van der Waals surface area (Å²) >= 11 is 0. The van der Waals surface area contributed by atoms with E-state index < -0.39 is 0 Å². The molecule has 2 fully saturated rings. The third kappa shape index (κ3) is 3.28. The molecule has 1 atom stereocenters. The van der Waals surface area contributed by atoms with E-state index in [1.807, 2.05) is 17.0 Å². The standard InChI is InChI=1S/C18H22N2O3/c1-13-4-2-3-11-19(13)18(23)15-7-5-14(6-8-15)12-20-16(21)9-10-17(20)22/h5-8,13H,2-4,9-12H2,1H3/t13-/m0/s1. The predicted molar refractivity (Wildman–Crippen MR) is 85.6 cm³/mol. The van der Waals surface area contributed by atoms with E-state index in [2.05, 4.69) is 6.92 Å². The Balaban J connectivity index is 1.68. The molecular formula is C18H22N2O3. The number of carbonyl (C=O) groups excluding carboxylic acids is 3. The van der Waals surface area contributed by atoms with Gasteiger partial charge >= 0.3 is 0 Å². The minimum Gasteiger partial charge on any atom is -0.336 e. The van der Waals surface area contributed by atoms with Gasteiger partial charge < -0.3 is 4.90 Å². The van der Waals surface area contributed by atoms with Gasteiger partial charge in [-0.25, -0.2) is 0 Å². The number of hydrogen-bond donors (Lipinski definition) is 0. The van der Waals surface area contributed by atoms with Gasteiger partial charge in [-0.05, 0) is 43.9 Å². The lowest BCUT2D eigenvalue weighted by Crippen LogP contribution is -2.42. The lowest BCUT2D eigenvalue weighted by Gasteiger charge is -2.33. The quantitative estimate of drug-likeness (QED) is 0.805. The lowest BCUT2D eigenvalue weighted by atomic mass is 10.0. The van der Waals surface area contributed by atoms with Crippen LogP contribution in [0.1, 0.15) is 54.9 Å². The minimum atomic E-state index is -0.114. The Hall–Kier alpha value is -2.17. The summed E-state index contributed by atoms with van der Waals surface area (Å²) in [6, 6.07) is 7.55. The summed E-state index contributed by atoms with van der Waals surface area (Å²) in [5, 5.41) is 0. The van der Waals surface area contributed by atoms with E-state index >= 15 is 0 Å². The smallest absolute Gasteiger partial charge is 0.254 e. The van der Waals surface area contributed by atoms with E-state index in [1.165, 1.54) is 11.3 Å². The molecule has 122 valence electrons. The van der Waals surface area contributed by atoms with Gasteiger partial charge in [0.1, 0.15) is 0 Å². The molecule has 1 aromatic carbocycles. The third-order valence-electron chi connectivity index (χ3n) is 4.76. The Morgan fingerprint density at radius 3 is 2.35 bits per heavy atom. The van der Waals surface area contributed by atoms with Crippen LogP contribution in [0, 0.1) is 0 Å². The maximum Gasteiger partial charge on any atom is 0.254 e. The van der Waals surface area contributed by atoms with Crippen LogP contribution in [0.2, 0.25) is 0 Å². The summed E-state index contributed by atoms with van der Waals surface area (Å²) in [7, 11) is 0. The molecule has 0 aliphatic carbocycles. The number of piperidine rings is 1. The number of amides is 3. The molecule has 0 aromatic heterocycles. The molecule has 3 amide bonds. The highest BCUT2D eigenvalue weighted by Crippen LogP contribution is 2.20. The summed E-state index contributed by atoms with van der Waals surface area (Å²) in [6.45, 7) is 3.21. The molecule has 3 rings (SSSR count). The molecule has 0 spiro atoms. The van der Waals surface area contributed by atoms with E-state index in [0.29, 0.717) is 24.9 Å². The summed E-state index contributed by atoms with van der Waals surface area (Å²) in [4.78, 5) is 39.1. The highest BCUT2D eigenvalue weighted by molar-refractivity contribution is 6.01. The fourth-order valence-corrected chi connectivity index (χ4v) is 3.30. The van der Waals surface area contributed by atoms with Gasteiger partial charge in [-0.1, -0.05) is 12.1 Å². The van der Waals surface area contributed by atoms with Crippen molar-refractivity contribution < 1.29 is 14.4 Å². The van der Waals surface area contributed by atoms with Gasteiger partial charge in [0.2, 0.25) is 11.8 Å². The molecule has 0 bridgehead atoms.